The van der Waals surface area contributed by atoms with Gasteiger partial charge in [-0.15, -0.1) is 0 Å². The van der Waals surface area contributed by atoms with Crippen LogP contribution in [0.15, 0.2) is 28.8 Å². The van der Waals surface area contributed by atoms with E-state index in [1.54, 1.807) is 0 Å². The average Bonchev–Trinajstić information content (AvgIpc) is 2.79. The van der Waals surface area contributed by atoms with Crippen molar-refractivity contribution < 1.29 is 4.52 Å². The summed E-state index contributed by atoms with van der Waals surface area (Å²) in [5.41, 5.74) is 1.01. The summed E-state index contributed by atoms with van der Waals surface area (Å²) in [6, 6.07) is 8.14. The second-order valence-electron chi connectivity index (χ2n) is 4.88. The number of aromatic nitrogens is 2. The molecule has 0 aliphatic rings. The fraction of sp³-hybridized carbons (Fsp3) is 0.429. The lowest BCUT2D eigenvalue weighted by atomic mass is 10.1. The monoisotopic (exact) mass is 279 g/mol. The van der Waals surface area contributed by atoms with Crippen molar-refractivity contribution in [3.8, 4) is 0 Å². The van der Waals surface area contributed by atoms with Crippen LogP contribution >= 0.6 is 11.6 Å². The van der Waals surface area contributed by atoms with E-state index in [2.05, 4.69) is 28.9 Å². The van der Waals surface area contributed by atoms with E-state index in [9.17, 15) is 0 Å². The fourth-order valence-electron chi connectivity index (χ4n) is 1.63. The molecule has 0 N–H and O–H groups in total. The summed E-state index contributed by atoms with van der Waals surface area (Å²) >= 11 is 6.11. The van der Waals surface area contributed by atoms with E-state index >= 15 is 0 Å². The molecule has 0 atom stereocenters. The highest BCUT2D eigenvalue weighted by Crippen LogP contribution is 2.17. The molecule has 2 aromatic rings. The highest BCUT2D eigenvalue weighted by molar-refractivity contribution is 6.31. The third-order valence-corrected chi connectivity index (χ3v) is 3.45. The molecule has 0 aliphatic carbocycles. The van der Waals surface area contributed by atoms with Crippen LogP contribution in [0.3, 0.4) is 0 Å². The maximum atomic E-state index is 6.11. The van der Waals surface area contributed by atoms with E-state index in [1.807, 2.05) is 31.3 Å². The zero-order chi connectivity index (χ0) is 13.8. The van der Waals surface area contributed by atoms with Crippen molar-refractivity contribution in [2.45, 2.75) is 32.9 Å². The van der Waals surface area contributed by atoms with Crippen LogP contribution in [0.5, 0.6) is 0 Å². The number of benzene rings is 1. The zero-order valence-corrected chi connectivity index (χ0v) is 12.2. The number of hydrogen-bond donors (Lipinski definition) is 0. The number of halogens is 1. The molecule has 0 spiro atoms. The lowest BCUT2D eigenvalue weighted by molar-refractivity contribution is 0.226. The normalized spacial score (nSPS) is 11.5. The molecule has 0 aliphatic heterocycles. The summed E-state index contributed by atoms with van der Waals surface area (Å²) in [5.74, 6) is 1.30. The summed E-state index contributed by atoms with van der Waals surface area (Å²) in [7, 11) is 2.03. The third-order valence-electron chi connectivity index (χ3n) is 3.08. The van der Waals surface area contributed by atoms with Crippen LogP contribution in [-0.4, -0.2) is 28.1 Å². The first-order valence-electron chi connectivity index (χ1n) is 6.31. The van der Waals surface area contributed by atoms with Crippen molar-refractivity contribution >= 4 is 11.6 Å². The SMILES string of the molecule is CC(C)N(C)Cc1nc(Cc2ccccc2Cl)no1. The van der Waals surface area contributed by atoms with Crippen LogP contribution in [0.4, 0.5) is 0 Å². The minimum Gasteiger partial charge on any atom is -0.338 e. The van der Waals surface area contributed by atoms with Gasteiger partial charge in [0.2, 0.25) is 5.89 Å². The quantitative estimate of drug-likeness (QED) is 0.843. The van der Waals surface area contributed by atoms with E-state index in [0.717, 1.165) is 10.6 Å². The molecule has 0 unspecified atom stereocenters. The molecule has 0 amide bonds. The molecule has 2 rings (SSSR count). The van der Waals surface area contributed by atoms with Gasteiger partial charge in [0.15, 0.2) is 5.82 Å². The number of nitrogens with zero attached hydrogens (tertiary/aromatic N) is 3. The van der Waals surface area contributed by atoms with E-state index < -0.39 is 0 Å². The van der Waals surface area contributed by atoms with E-state index in [1.165, 1.54) is 0 Å². The van der Waals surface area contributed by atoms with Gasteiger partial charge >= 0.3 is 0 Å². The largest absolute Gasteiger partial charge is 0.338 e. The standard InChI is InChI=1S/C14H18ClN3O/c1-10(2)18(3)9-14-16-13(17-19-14)8-11-6-4-5-7-12(11)15/h4-7,10H,8-9H2,1-3H3. The topological polar surface area (TPSA) is 42.2 Å². The van der Waals surface area contributed by atoms with Gasteiger partial charge in [-0.1, -0.05) is 35.0 Å². The number of rotatable bonds is 5. The maximum Gasteiger partial charge on any atom is 0.240 e. The van der Waals surface area contributed by atoms with Crippen molar-refractivity contribution in [2.75, 3.05) is 7.05 Å². The Morgan fingerprint density at radius 2 is 2.05 bits per heavy atom. The van der Waals surface area contributed by atoms with Gasteiger partial charge in [-0.3, -0.25) is 4.90 Å². The summed E-state index contributed by atoms with van der Waals surface area (Å²) in [5, 5.41) is 4.72. The Balaban J connectivity index is 2.04. The second kappa shape index (κ2) is 6.17. The molecule has 0 bridgehead atoms. The second-order valence-corrected chi connectivity index (χ2v) is 5.29. The molecule has 5 heteroatoms. The molecule has 1 aromatic heterocycles. The van der Waals surface area contributed by atoms with Gasteiger partial charge in [-0.25, -0.2) is 0 Å². The highest BCUT2D eigenvalue weighted by Gasteiger charge is 2.12. The summed E-state index contributed by atoms with van der Waals surface area (Å²) in [6.07, 6.45) is 0.592. The molecule has 102 valence electrons. The van der Waals surface area contributed by atoms with Crippen LogP contribution in [-0.2, 0) is 13.0 Å². The lowest BCUT2D eigenvalue weighted by Crippen LogP contribution is -2.25. The average molecular weight is 280 g/mol. The van der Waals surface area contributed by atoms with Gasteiger partial charge in [0.1, 0.15) is 0 Å². The lowest BCUT2D eigenvalue weighted by Gasteiger charge is -2.17. The van der Waals surface area contributed by atoms with E-state index in [-0.39, 0.29) is 0 Å². The Morgan fingerprint density at radius 3 is 2.74 bits per heavy atom. The van der Waals surface area contributed by atoms with Crippen molar-refractivity contribution in [3.05, 3.63) is 46.6 Å². The van der Waals surface area contributed by atoms with Crippen LogP contribution in [0.25, 0.3) is 0 Å². The summed E-state index contributed by atoms with van der Waals surface area (Å²) in [4.78, 5) is 6.54. The molecule has 0 fully saturated rings. The Kier molecular flexibility index (Phi) is 4.56. The first kappa shape index (κ1) is 14.0. The molecular weight excluding hydrogens is 262 g/mol. The Labute approximate surface area is 118 Å². The predicted molar refractivity (Wildman–Crippen MR) is 75.2 cm³/mol. The first-order valence-corrected chi connectivity index (χ1v) is 6.69. The Bertz CT molecular complexity index is 539. The van der Waals surface area contributed by atoms with Crippen LogP contribution in [0, 0.1) is 0 Å². The van der Waals surface area contributed by atoms with Gasteiger partial charge in [-0.2, -0.15) is 4.98 Å². The first-order chi connectivity index (χ1) is 9.06. The van der Waals surface area contributed by atoms with E-state index in [4.69, 9.17) is 16.1 Å². The van der Waals surface area contributed by atoms with Gasteiger partial charge in [-0.05, 0) is 32.5 Å². The minimum atomic E-state index is 0.443. The van der Waals surface area contributed by atoms with Crippen LogP contribution in [0.1, 0.15) is 31.1 Å². The van der Waals surface area contributed by atoms with Gasteiger partial charge < -0.3 is 4.52 Å². The molecule has 0 radical (unpaired) electrons. The van der Waals surface area contributed by atoms with Crippen molar-refractivity contribution in [1.82, 2.24) is 15.0 Å². The molecule has 4 nitrogen and oxygen atoms in total. The Hall–Kier alpha value is -1.39. The van der Waals surface area contributed by atoms with Crippen molar-refractivity contribution in [1.29, 1.82) is 0 Å². The molecular formula is C14H18ClN3O. The van der Waals surface area contributed by atoms with Crippen LogP contribution < -0.4 is 0 Å². The fourth-order valence-corrected chi connectivity index (χ4v) is 1.84. The van der Waals surface area contributed by atoms with Gasteiger partial charge in [0, 0.05) is 17.5 Å². The molecule has 19 heavy (non-hydrogen) atoms. The van der Waals surface area contributed by atoms with Gasteiger partial charge in [0.05, 0.1) is 6.54 Å². The molecule has 1 heterocycles. The van der Waals surface area contributed by atoms with Crippen molar-refractivity contribution in [2.24, 2.45) is 0 Å². The summed E-state index contributed by atoms with van der Waals surface area (Å²) in [6.45, 7) is 4.91. The Morgan fingerprint density at radius 1 is 1.32 bits per heavy atom. The third kappa shape index (κ3) is 3.78. The van der Waals surface area contributed by atoms with Gasteiger partial charge in [0.25, 0.3) is 0 Å². The predicted octanol–water partition coefficient (Wildman–Crippen LogP) is 3.15. The molecule has 1 aromatic carbocycles. The summed E-state index contributed by atoms with van der Waals surface area (Å²) < 4.78 is 5.25. The van der Waals surface area contributed by atoms with E-state index in [0.29, 0.717) is 30.7 Å². The maximum absolute atomic E-state index is 6.11. The van der Waals surface area contributed by atoms with Crippen LogP contribution in [0.2, 0.25) is 5.02 Å². The number of hydrogen-bond acceptors (Lipinski definition) is 4. The zero-order valence-electron chi connectivity index (χ0n) is 11.4. The molecule has 0 saturated carbocycles. The van der Waals surface area contributed by atoms with Crippen molar-refractivity contribution in [3.63, 3.8) is 0 Å². The minimum absolute atomic E-state index is 0.443. The molecule has 0 saturated heterocycles. The smallest absolute Gasteiger partial charge is 0.240 e. The highest BCUT2D eigenvalue weighted by atomic mass is 35.5.